The number of piperidine rings is 1. The molecule has 1 amide bonds. The predicted octanol–water partition coefficient (Wildman–Crippen LogP) is 2.84. The van der Waals surface area contributed by atoms with E-state index in [2.05, 4.69) is 20.4 Å². The van der Waals surface area contributed by atoms with Crippen molar-refractivity contribution in [3.63, 3.8) is 0 Å². The summed E-state index contributed by atoms with van der Waals surface area (Å²) < 4.78 is 10.8. The molecule has 1 aliphatic heterocycles. The van der Waals surface area contributed by atoms with E-state index in [1.54, 1.807) is 17.0 Å². The zero-order valence-corrected chi connectivity index (χ0v) is 16.3. The first-order valence-corrected chi connectivity index (χ1v) is 9.28. The zero-order chi connectivity index (χ0) is 20.1. The van der Waals surface area contributed by atoms with Crippen molar-refractivity contribution in [1.82, 2.24) is 25.3 Å². The van der Waals surface area contributed by atoms with Gasteiger partial charge in [-0.25, -0.2) is 9.78 Å². The second kappa shape index (κ2) is 8.35. The molecule has 0 spiro atoms. The van der Waals surface area contributed by atoms with Gasteiger partial charge in [-0.05, 0) is 52.2 Å². The third-order valence-corrected chi connectivity index (χ3v) is 4.22. The Hall–Kier alpha value is -2.99. The SMILES string of the molecule is CC(C)(C)OC(=O)N1CCCCC1NCc1noc(-c2ccnc(C#N)c2)n1. The Morgan fingerprint density at radius 1 is 1.46 bits per heavy atom. The first-order valence-electron chi connectivity index (χ1n) is 9.28. The molecule has 9 heteroatoms. The number of rotatable bonds is 4. The van der Waals surface area contributed by atoms with Gasteiger partial charge in [-0.3, -0.25) is 10.2 Å². The molecule has 0 radical (unpaired) electrons. The molecule has 1 aliphatic rings. The van der Waals surface area contributed by atoms with Crippen LogP contribution in [0.5, 0.6) is 0 Å². The monoisotopic (exact) mass is 384 g/mol. The van der Waals surface area contributed by atoms with E-state index in [0.29, 0.717) is 30.4 Å². The fourth-order valence-electron chi connectivity index (χ4n) is 2.96. The first kappa shape index (κ1) is 19.8. The van der Waals surface area contributed by atoms with Crippen molar-refractivity contribution in [2.24, 2.45) is 0 Å². The summed E-state index contributed by atoms with van der Waals surface area (Å²) in [5.74, 6) is 0.795. The molecule has 1 N–H and O–H groups in total. The van der Waals surface area contributed by atoms with E-state index in [1.165, 1.54) is 6.20 Å². The van der Waals surface area contributed by atoms with Gasteiger partial charge in [0.1, 0.15) is 17.4 Å². The molecule has 0 saturated carbocycles. The number of hydrogen-bond donors (Lipinski definition) is 1. The molecule has 1 fully saturated rings. The normalized spacial score (nSPS) is 17.2. The quantitative estimate of drug-likeness (QED) is 0.855. The number of aromatic nitrogens is 3. The van der Waals surface area contributed by atoms with Crippen LogP contribution in [-0.2, 0) is 11.3 Å². The zero-order valence-electron chi connectivity index (χ0n) is 16.3. The Balaban J connectivity index is 1.63. The predicted molar refractivity (Wildman–Crippen MR) is 99.7 cm³/mol. The van der Waals surface area contributed by atoms with Gasteiger partial charge in [0.25, 0.3) is 5.89 Å². The van der Waals surface area contributed by atoms with Crippen LogP contribution >= 0.6 is 0 Å². The Bertz CT molecular complexity index is 867. The third kappa shape index (κ3) is 5.04. The number of hydrogen-bond acceptors (Lipinski definition) is 8. The number of nitrogens with zero attached hydrogens (tertiary/aromatic N) is 5. The third-order valence-electron chi connectivity index (χ3n) is 4.22. The van der Waals surface area contributed by atoms with Crippen molar-refractivity contribution in [2.45, 2.75) is 58.3 Å². The molecule has 1 unspecified atom stereocenters. The van der Waals surface area contributed by atoms with Crippen LogP contribution in [0.25, 0.3) is 11.5 Å². The lowest BCUT2D eigenvalue weighted by molar-refractivity contribution is 0.00500. The lowest BCUT2D eigenvalue weighted by Gasteiger charge is -2.37. The maximum atomic E-state index is 12.5. The molecule has 0 bridgehead atoms. The number of nitriles is 1. The average Bonchev–Trinajstić information content (AvgIpc) is 3.14. The highest BCUT2D eigenvalue weighted by molar-refractivity contribution is 5.68. The summed E-state index contributed by atoms with van der Waals surface area (Å²) in [6, 6.07) is 5.28. The number of nitrogens with one attached hydrogen (secondary N) is 1. The van der Waals surface area contributed by atoms with Gasteiger partial charge in [0.2, 0.25) is 0 Å². The van der Waals surface area contributed by atoms with Crippen LogP contribution in [-0.4, -0.2) is 44.4 Å². The standard InChI is InChI=1S/C19H24N6O3/c1-19(2,3)27-18(26)25-9-5-4-6-16(25)22-12-15-23-17(28-24-15)13-7-8-21-14(10-13)11-20/h7-8,10,16,22H,4-6,9,12H2,1-3H3. The Labute approximate surface area is 163 Å². The highest BCUT2D eigenvalue weighted by Gasteiger charge is 2.30. The second-order valence-corrected chi connectivity index (χ2v) is 7.62. The number of amides is 1. The van der Waals surface area contributed by atoms with E-state index < -0.39 is 5.60 Å². The molecule has 3 heterocycles. The average molecular weight is 384 g/mol. The Morgan fingerprint density at radius 3 is 3.04 bits per heavy atom. The molecule has 3 rings (SSSR count). The summed E-state index contributed by atoms with van der Waals surface area (Å²) in [7, 11) is 0. The minimum absolute atomic E-state index is 0.142. The Kier molecular flexibility index (Phi) is 5.90. The van der Waals surface area contributed by atoms with E-state index in [1.807, 2.05) is 26.8 Å². The van der Waals surface area contributed by atoms with Crippen LogP contribution in [0.1, 0.15) is 51.6 Å². The highest BCUT2D eigenvalue weighted by Crippen LogP contribution is 2.20. The van der Waals surface area contributed by atoms with Crippen molar-refractivity contribution in [3.05, 3.63) is 29.8 Å². The molecule has 0 aromatic carbocycles. The summed E-state index contributed by atoms with van der Waals surface area (Å²) in [5.41, 5.74) is 0.387. The van der Waals surface area contributed by atoms with E-state index >= 15 is 0 Å². The largest absolute Gasteiger partial charge is 0.444 e. The summed E-state index contributed by atoms with van der Waals surface area (Å²) in [4.78, 5) is 22.5. The molecule has 28 heavy (non-hydrogen) atoms. The maximum Gasteiger partial charge on any atom is 0.411 e. The van der Waals surface area contributed by atoms with Gasteiger partial charge in [0.05, 0.1) is 12.7 Å². The van der Waals surface area contributed by atoms with Crippen molar-refractivity contribution in [3.8, 4) is 17.5 Å². The molecule has 2 aromatic heterocycles. The molecule has 0 aliphatic carbocycles. The van der Waals surface area contributed by atoms with Crippen LogP contribution in [0, 0.1) is 11.3 Å². The van der Waals surface area contributed by atoms with Crippen molar-refractivity contribution >= 4 is 6.09 Å². The van der Waals surface area contributed by atoms with Crippen LogP contribution < -0.4 is 5.32 Å². The van der Waals surface area contributed by atoms with Crippen molar-refractivity contribution in [1.29, 1.82) is 5.26 Å². The van der Waals surface area contributed by atoms with Crippen molar-refractivity contribution < 1.29 is 14.1 Å². The van der Waals surface area contributed by atoms with Gasteiger partial charge in [0.15, 0.2) is 5.82 Å². The lowest BCUT2D eigenvalue weighted by atomic mass is 10.1. The number of carbonyl (C=O) groups is 1. The second-order valence-electron chi connectivity index (χ2n) is 7.62. The van der Waals surface area contributed by atoms with Crippen LogP contribution in [0.2, 0.25) is 0 Å². The molecular weight excluding hydrogens is 360 g/mol. The maximum absolute atomic E-state index is 12.5. The summed E-state index contributed by atoms with van der Waals surface area (Å²) in [5, 5.41) is 16.2. The fraction of sp³-hybridized carbons (Fsp3) is 0.526. The molecule has 1 atom stereocenters. The summed E-state index contributed by atoms with van der Waals surface area (Å²) in [6.07, 6.45) is 3.88. The van der Waals surface area contributed by atoms with Crippen molar-refractivity contribution in [2.75, 3.05) is 6.54 Å². The van der Waals surface area contributed by atoms with Gasteiger partial charge in [0, 0.05) is 18.3 Å². The molecule has 148 valence electrons. The fourth-order valence-corrected chi connectivity index (χ4v) is 2.96. The first-order chi connectivity index (χ1) is 13.4. The minimum atomic E-state index is -0.533. The van der Waals surface area contributed by atoms with Gasteiger partial charge >= 0.3 is 6.09 Å². The van der Waals surface area contributed by atoms with E-state index in [0.717, 1.165) is 19.3 Å². The minimum Gasteiger partial charge on any atom is -0.444 e. The van der Waals surface area contributed by atoms with Crippen LogP contribution in [0.15, 0.2) is 22.9 Å². The highest BCUT2D eigenvalue weighted by atomic mass is 16.6. The van der Waals surface area contributed by atoms with Gasteiger partial charge in [-0.2, -0.15) is 10.2 Å². The topological polar surface area (TPSA) is 117 Å². The number of likely N-dealkylation sites (tertiary alicyclic amines) is 1. The molecule has 9 nitrogen and oxygen atoms in total. The summed E-state index contributed by atoms with van der Waals surface area (Å²) in [6.45, 7) is 6.57. The smallest absolute Gasteiger partial charge is 0.411 e. The van der Waals surface area contributed by atoms with E-state index in [4.69, 9.17) is 14.5 Å². The molecule has 2 aromatic rings. The summed E-state index contributed by atoms with van der Waals surface area (Å²) >= 11 is 0. The number of ether oxygens (including phenoxy) is 1. The number of pyridine rings is 1. The van der Waals surface area contributed by atoms with E-state index in [9.17, 15) is 4.79 Å². The Morgan fingerprint density at radius 2 is 2.29 bits per heavy atom. The van der Waals surface area contributed by atoms with Crippen LogP contribution in [0.3, 0.4) is 0 Å². The van der Waals surface area contributed by atoms with Crippen LogP contribution in [0.4, 0.5) is 4.79 Å². The van der Waals surface area contributed by atoms with Gasteiger partial charge < -0.3 is 9.26 Å². The van der Waals surface area contributed by atoms with Gasteiger partial charge in [-0.1, -0.05) is 5.16 Å². The molecule has 1 saturated heterocycles. The molecular formula is C19H24N6O3. The number of carbonyl (C=O) groups excluding carboxylic acids is 1. The van der Waals surface area contributed by atoms with Gasteiger partial charge in [-0.15, -0.1) is 0 Å². The van der Waals surface area contributed by atoms with E-state index in [-0.39, 0.29) is 18.0 Å². The lowest BCUT2D eigenvalue weighted by Crippen LogP contribution is -2.52.